The zero-order valence-corrected chi connectivity index (χ0v) is 27.1. The number of allylic oxidation sites excluding steroid dienone is 1. The highest BCUT2D eigenvalue weighted by Crippen LogP contribution is 2.59. The zero-order valence-electron chi connectivity index (χ0n) is 26.4. The molecule has 0 spiro atoms. The number of benzene rings is 1. The van der Waals surface area contributed by atoms with E-state index >= 15 is 0 Å². The Kier molecular flexibility index (Phi) is 8.53. The summed E-state index contributed by atoms with van der Waals surface area (Å²) in [4.78, 5) is 20.5. The van der Waals surface area contributed by atoms with E-state index in [4.69, 9.17) is 21.3 Å². The van der Waals surface area contributed by atoms with Gasteiger partial charge in [0, 0.05) is 28.9 Å². The summed E-state index contributed by atoms with van der Waals surface area (Å²) in [7, 11) is 0. The van der Waals surface area contributed by atoms with E-state index in [0.29, 0.717) is 40.3 Å². The second-order valence-electron chi connectivity index (χ2n) is 14.2. The predicted octanol–water partition coefficient (Wildman–Crippen LogP) is 7.30. The van der Waals surface area contributed by atoms with Gasteiger partial charge in [0.2, 0.25) is 0 Å². The third-order valence-corrected chi connectivity index (χ3v) is 10.6. The molecule has 2 aliphatic heterocycles. The van der Waals surface area contributed by atoms with Crippen LogP contribution in [-0.2, 0) is 6.54 Å². The molecule has 2 aromatic rings. The van der Waals surface area contributed by atoms with Gasteiger partial charge in [0.05, 0.1) is 28.4 Å². The summed E-state index contributed by atoms with van der Waals surface area (Å²) >= 11 is 6.27. The van der Waals surface area contributed by atoms with Crippen molar-refractivity contribution in [1.29, 1.82) is 5.26 Å². The average Bonchev–Trinajstić information content (AvgIpc) is 3.13. The lowest BCUT2D eigenvalue weighted by atomic mass is 9.49. The van der Waals surface area contributed by atoms with Crippen molar-refractivity contribution in [2.75, 3.05) is 13.1 Å². The van der Waals surface area contributed by atoms with Crippen molar-refractivity contribution < 1.29 is 9.53 Å². The molecule has 1 amide bonds. The van der Waals surface area contributed by atoms with Crippen molar-refractivity contribution >= 4 is 17.5 Å². The minimum atomic E-state index is -0.313. The Bertz CT molecular complexity index is 1540. The predicted molar refractivity (Wildman–Crippen MR) is 173 cm³/mol. The number of carbonyl (C=O) groups is 1. The number of nitrogens with one attached hydrogen (secondary N) is 1. The maximum atomic E-state index is 13.6. The lowest BCUT2D eigenvalue weighted by Gasteiger charge is -2.65. The second kappa shape index (κ2) is 12.2. The van der Waals surface area contributed by atoms with Gasteiger partial charge in [-0.3, -0.25) is 4.79 Å². The van der Waals surface area contributed by atoms with Gasteiger partial charge in [-0.2, -0.15) is 5.26 Å². The molecular formula is C37H43ClN4O2. The first kappa shape index (κ1) is 30.7. The van der Waals surface area contributed by atoms with Gasteiger partial charge in [0.1, 0.15) is 23.6 Å². The van der Waals surface area contributed by atoms with Crippen LogP contribution in [0.4, 0.5) is 0 Å². The van der Waals surface area contributed by atoms with Crippen molar-refractivity contribution in [2.45, 2.75) is 91.3 Å². The van der Waals surface area contributed by atoms with Crippen molar-refractivity contribution in [3.8, 4) is 23.7 Å². The van der Waals surface area contributed by atoms with E-state index in [1.165, 1.54) is 32.1 Å². The van der Waals surface area contributed by atoms with Gasteiger partial charge in [0.25, 0.3) is 5.91 Å². The molecule has 7 heteroatoms. The number of carbonyl (C=O) groups excluding carboxylic acids is 1. The molecule has 0 unspecified atom stereocenters. The van der Waals surface area contributed by atoms with E-state index in [0.717, 1.165) is 37.3 Å². The Labute approximate surface area is 267 Å². The first-order valence-corrected chi connectivity index (χ1v) is 16.5. The molecule has 0 bridgehead atoms. The molecule has 1 aromatic carbocycles. The van der Waals surface area contributed by atoms with E-state index in [1.54, 1.807) is 23.8 Å². The van der Waals surface area contributed by atoms with Gasteiger partial charge in [-0.25, -0.2) is 4.98 Å². The normalized spacial score (nSPS) is 28.2. The van der Waals surface area contributed by atoms with E-state index in [9.17, 15) is 10.1 Å². The van der Waals surface area contributed by atoms with Crippen LogP contribution in [-0.4, -0.2) is 41.0 Å². The number of nitrogens with zero attached hydrogens (tertiary/aromatic N) is 3. The Hall–Kier alpha value is -3.32. The van der Waals surface area contributed by atoms with Crippen molar-refractivity contribution in [1.82, 2.24) is 15.2 Å². The molecule has 0 radical (unpaired) electrons. The van der Waals surface area contributed by atoms with Crippen LogP contribution >= 0.6 is 11.6 Å². The Morgan fingerprint density at radius 1 is 1.07 bits per heavy atom. The molecule has 230 valence electrons. The lowest BCUT2D eigenvalue weighted by molar-refractivity contribution is -0.199. The molecule has 2 saturated carbocycles. The number of fused-ring (bicyclic) bond motifs is 1. The summed E-state index contributed by atoms with van der Waals surface area (Å²) in [5, 5.41) is 13.1. The quantitative estimate of drug-likeness (QED) is 0.290. The largest absolute Gasteiger partial charge is 0.489 e. The second-order valence-corrected chi connectivity index (χ2v) is 14.6. The summed E-state index contributed by atoms with van der Waals surface area (Å²) in [6, 6.07) is 11.0. The molecule has 0 atom stereocenters. The molecule has 1 saturated heterocycles. The first-order chi connectivity index (χ1) is 21.1. The maximum Gasteiger partial charge on any atom is 0.256 e. The molecule has 1 aromatic heterocycles. The van der Waals surface area contributed by atoms with Crippen LogP contribution in [0.5, 0.6) is 5.75 Å². The SMILES string of the molecule is CC1(C)[C@H](Oc2ccc(C#N)c(Cl)c2)C(C)(C)[C@H]1N1Cc2nc(C#C[C@H]3CC[C@H](/C=C4/CCCNCC4)CC3)ccc2C1=O. The molecule has 1 N–H and O–H groups in total. The van der Waals surface area contributed by atoms with Crippen LogP contribution < -0.4 is 10.1 Å². The molecule has 44 heavy (non-hydrogen) atoms. The van der Waals surface area contributed by atoms with Gasteiger partial charge in [0.15, 0.2) is 0 Å². The number of amides is 1. The smallest absolute Gasteiger partial charge is 0.256 e. The number of rotatable bonds is 4. The molecular weight excluding hydrogens is 568 g/mol. The van der Waals surface area contributed by atoms with Gasteiger partial charge < -0.3 is 15.0 Å². The summed E-state index contributed by atoms with van der Waals surface area (Å²) in [5.74, 6) is 8.62. The fourth-order valence-electron chi connectivity index (χ4n) is 8.54. The molecule has 2 aliphatic carbocycles. The van der Waals surface area contributed by atoms with Crippen LogP contribution in [0.25, 0.3) is 0 Å². The standard InChI is InChI=1S/C37H43ClN4O2/c1-36(2)34(37(3,4)35(36)44-29-15-12-27(22-39)31(38)21-29)42-23-32-30(33(42)43)16-14-28(41-32)13-11-24-7-9-26(10-8-24)20-25-6-5-18-40-19-17-25/h12,14-16,20-21,24,26,34-35,40H,5-10,17-19,23H2,1-4H3/b25-20-/t24-,26-,34-,35-. The highest BCUT2D eigenvalue weighted by molar-refractivity contribution is 6.31. The van der Waals surface area contributed by atoms with Crippen molar-refractivity contribution in [2.24, 2.45) is 22.7 Å². The first-order valence-electron chi connectivity index (χ1n) is 16.2. The van der Waals surface area contributed by atoms with Crippen LogP contribution in [0.2, 0.25) is 5.02 Å². The minimum absolute atomic E-state index is 0.0231. The van der Waals surface area contributed by atoms with Crippen LogP contribution in [0.1, 0.15) is 99.9 Å². The fourth-order valence-corrected chi connectivity index (χ4v) is 8.75. The van der Waals surface area contributed by atoms with E-state index < -0.39 is 0 Å². The number of nitriles is 1. The molecule has 6 nitrogen and oxygen atoms in total. The van der Waals surface area contributed by atoms with E-state index in [-0.39, 0.29) is 28.9 Å². The number of pyridine rings is 1. The van der Waals surface area contributed by atoms with Crippen LogP contribution in [0, 0.1) is 45.8 Å². The summed E-state index contributed by atoms with van der Waals surface area (Å²) in [6.45, 7) is 11.3. The number of ether oxygens (including phenoxy) is 1. The Morgan fingerprint density at radius 2 is 1.84 bits per heavy atom. The highest BCUT2D eigenvalue weighted by atomic mass is 35.5. The number of halogens is 1. The average molecular weight is 611 g/mol. The summed E-state index contributed by atoms with van der Waals surface area (Å²) < 4.78 is 6.45. The van der Waals surface area contributed by atoms with Crippen LogP contribution in [0.15, 0.2) is 42.0 Å². The van der Waals surface area contributed by atoms with Gasteiger partial charge in [-0.15, -0.1) is 0 Å². The molecule has 4 aliphatic rings. The Balaban J connectivity index is 1.09. The van der Waals surface area contributed by atoms with E-state index in [1.807, 2.05) is 17.0 Å². The summed E-state index contributed by atoms with van der Waals surface area (Å²) in [6.07, 6.45) is 10.8. The number of aromatic nitrogens is 1. The van der Waals surface area contributed by atoms with Gasteiger partial charge in [-0.1, -0.05) is 56.9 Å². The third kappa shape index (κ3) is 5.88. The minimum Gasteiger partial charge on any atom is -0.489 e. The van der Waals surface area contributed by atoms with Gasteiger partial charge in [-0.05, 0) is 94.1 Å². The third-order valence-electron chi connectivity index (χ3n) is 10.3. The Morgan fingerprint density at radius 3 is 2.57 bits per heavy atom. The van der Waals surface area contributed by atoms with Gasteiger partial charge >= 0.3 is 0 Å². The number of hydrogen-bond acceptors (Lipinski definition) is 5. The zero-order chi connectivity index (χ0) is 31.1. The van der Waals surface area contributed by atoms with Crippen LogP contribution in [0.3, 0.4) is 0 Å². The fraction of sp³-hybridized carbons (Fsp3) is 0.541. The molecule has 3 heterocycles. The van der Waals surface area contributed by atoms with Crippen molar-refractivity contribution in [3.05, 3.63) is 69.5 Å². The topological polar surface area (TPSA) is 78.2 Å². The monoisotopic (exact) mass is 610 g/mol. The van der Waals surface area contributed by atoms with Crippen molar-refractivity contribution in [3.63, 3.8) is 0 Å². The number of hydrogen-bond donors (Lipinski definition) is 1. The molecule has 3 fully saturated rings. The maximum absolute atomic E-state index is 13.6. The lowest BCUT2D eigenvalue weighted by Crippen LogP contribution is -2.74. The summed E-state index contributed by atoms with van der Waals surface area (Å²) in [5.41, 5.74) is 3.67. The molecule has 6 rings (SSSR count). The van der Waals surface area contributed by atoms with E-state index in [2.05, 4.69) is 57.0 Å². The highest BCUT2D eigenvalue weighted by Gasteiger charge is 2.67.